The first-order chi connectivity index (χ1) is 8.06. The van der Waals surface area contributed by atoms with Crippen LogP contribution >= 0.6 is 0 Å². The molecule has 92 valence electrons. The molecule has 1 aliphatic heterocycles. The number of halogens is 1. The van der Waals surface area contributed by atoms with Crippen molar-refractivity contribution in [2.45, 2.75) is 19.9 Å². The summed E-state index contributed by atoms with van der Waals surface area (Å²) in [4.78, 5) is 2.25. The molecule has 0 saturated carbocycles. The van der Waals surface area contributed by atoms with Crippen molar-refractivity contribution in [1.29, 1.82) is 0 Å². The Morgan fingerprint density at radius 3 is 2.82 bits per heavy atom. The topological polar surface area (TPSA) is 43.7 Å². The van der Waals surface area contributed by atoms with Gasteiger partial charge in [0.1, 0.15) is 5.82 Å². The molecule has 17 heavy (non-hydrogen) atoms. The van der Waals surface area contributed by atoms with Crippen molar-refractivity contribution in [3.63, 3.8) is 0 Å². The van der Waals surface area contributed by atoms with Gasteiger partial charge in [0.15, 0.2) is 0 Å². The van der Waals surface area contributed by atoms with Crippen LogP contribution in [-0.4, -0.2) is 35.2 Å². The molecular weight excluding hydrogens is 220 g/mol. The van der Waals surface area contributed by atoms with E-state index in [1.165, 1.54) is 12.1 Å². The SMILES string of the molecule is CC1CCN(Cc2ccc(F)cc2B(O)O)C1. The van der Waals surface area contributed by atoms with Crippen LogP contribution in [0.4, 0.5) is 4.39 Å². The number of rotatable bonds is 3. The molecule has 1 heterocycles. The minimum Gasteiger partial charge on any atom is -0.423 e. The highest BCUT2D eigenvalue weighted by molar-refractivity contribution is 6.59. The lowest BCUT2D eigenvalue weighted by Crippen LogP contribution is -2.35. The zero-order valence-corrected chi connectivity index (χ0v) is 9.93. The maximum atomic E-state index is 13.0. The molecule has 1 aromatic carbocycles. The predicted octanol–water partition coefficient (Wildman–Crippen LogP) is 0.347. The zero-order chi connectivity index (χ0) is 12.4. The van der Waals surface area contributed by atoms with Gasteiger partial charge in [-0.25, -0.2) is 4.39 Å². The van der Waals surface area contributed by atoms with Gasteiger partial charge in [-0.1, -0.05) is 13.0 Å². The van der Waals surface area contributed by atoms with Gasteiger partial charge in [-0.3, -0.25) is 4.90 Å². The molecule has 0 radical (unpaired) electrons. The Bertz CT molecular complexity index is 400. The van der Waals surface area contributed by atoms with Gasteiger partial charge >= 0.3 is 7.12 Å². The molecule has 1 aromatic rings. The van der Waals surface area contributed by atoms with E-state index in [0.717, 1.165) is 25.1 Å². The Hall–Kier alpha value is -0.905. The van der Waals surface area contributed by atoms with E-state index in [2.05, 4.69) is 11.8 Å². The summed E-state index contributed by atoms with van der Waals surface area (Å²) >= 11 is 0. The maximum absolute atomic E-state index is 13.0. The minimum atomic E-state index is -1.61. The van der Waals surface area contributed by atoms with Crippen molar-refractivity contribution >= 4 is 12.6 Å². The summed E-state index contributed by atoms with van der Waals surface area (Å²) in [5, 5.41) is 18.5. The third kappa shape index (κ3) is 3.06. The first-order valence-electron chi connectivity index (χ1n) is 5.93. The highest BCUT2D eigenvalue weighted by Crippen LogP contribution is 2.17. The smallest absolute Gasteiger partial charge is 0.423 e. The quantitative estimate of drug-likeness (QED) is 0.745. The van der Waals surface area contributed by atoms with Gasteiger partial charge in [-0.15, -0.1) is 0 Å². The molecule has 1 aliphatic rings. The fourth-order valence-electron chi connectivity index (χ4n) is 2.36. The fraction of sp³-hybridized carbons (Fsp3) is 0.500. The monoisotopic (exact) mass is 237 g/mol. The highest BCUT2D eigenvalue weighted by Gasteiger charge is 2.22. The lowest BCUT2D eigenvalue weighted by molar-refractivity contribution is 0.320. The van der Waals surface area contributed by atoms with E-state index in [9.17, 15) is 14.4 Å². The first kappa shape index (κ1) is 12.5. The Balaban J connectivity index is 2.14. The Morgan fingerprint density at radius 2 is 2.24 bits per heavy atom. The lowest BCUT2D eigenvalue weighted by atomic mass is 9.77. The summed E-state index contributed by atoms with van der Waals surface area (Å²) < 4.78 is 13.0. The summed E-state index contributed by atoms with van der Waals surface area (Å²) in [5.41, 5.74) is 1.06. The normalized spacial score (nSPS) is 20.8. The molecule has 0 bridgehead atoms. The Morgan fingerprint density at radius 1 is 1.47 bits per heavy atom. The van der Waals surface area contributed by atoms with Crippen LogP contribution in [0.3, 0.4) is 0 Å². The fourth-order valence-corrected chi connectivity index (χ4v) is 2.36. The average Bonchev–Trinajstić information content (AvgIpc) is 2.66. The number of benzene rings is 1. The van der Waals surface area contributed by atoms with Crippen LogP contribution in [0.25, 0.3) is 0 Å². The second kappa shape index (κ2) is 5.17. The van der Waals surface area contributed by atoms with Crippen LogP contribution in [0.5, 0.6) is 0 Å². The first-order valence-corrected chi connectivity index (χ1v) is 5.93. The minimum absolute atomic E-state index is 0.268. The summed E-state index contributed by atoms with van der Waals surface area (Å²) in [6.07, 6.45) is 1.16. The molecule has 5 heteroatoms. The van der Waals surface area contributed by atoms with E-state index < -0.39 is 12.9 Å². The average molecular weight is 237 g/mol. The van der Waals surface area contributed by atoms with Crippen LogP contribution in [-0.2, 0) is 6.54 Å². The second-order valence-corrected chi connectivity index (χ2v) is 4.85. The van der Waals surface area contributed by atoms with E-state index in [1.54, 1.807) is 6.07 Å². The molecule has 0 aliphatic carbocycles. The molecule has 1 fully saturated rings. The van der Waals surface area contributed by atoms with Gasteiger partial charge < -0.3 is 10.0 Å². The van der Waals surface area contributed by atoms with Crippen molar-refractivity contribution < 1.29 is 14.4 Å². The van der Waals surface area contributed by atoms with Gasteiger partial charge in [-0.05, 0) is 42.0 Å². The largest absolute Gasteiger partial charge is 0.488 e. The molecule has 1 saturated heterocycles. The molecule has 1 unspecified atom stereocenters. The van der Waals surface area contributed by atoms with Crippen LogP contribution in [0.1, 0.15) is 18.9 Å². The van der Waals surface area contributed by atoms with Crippen molar-refractivity contribution in [2.75, 3.05) is 13.1 Å². The third-order valence-corrected chi connectivity index (χ3v) is 3.29. The standard InChI is InChI=1S/C12H17BFNO2/c1-9-4-5-15(7-9)8-10-2-3-11(14)6-12(10)13(16)17/h2-3,6,9,16-17H,4-5,7-8H2,1H3. The number of nitrogens with zero attached hydrogens (tertiary/aromatic N) is 1. The van der Waals surface area contributed by atoms with E-state index in [1.807, 2.05) is 0 Å². The summed E-state index contributed by atoms with van der Waals surface area (Å²) in [6.45, 7) is 4.88. The van der Waals surface area contributed by atoms with E-state index in [0.29, 0.717) is 12.5 Å². The summed E-state index contributed by atoms with van der Waals surface area (Å²) in [6, 6.07) is 4.19. The number of likely N-dealkylation sites (tertiary alicyclic amines) is 1. The van der Waals surface area contributed by atoms with Gasteiger partial charge in [0.25, 0.3) is 0 Å². The van der Waals surface area contributed by atoms with E-state index in [4.69, 9.17) is 0 Å². The molecule has 0 aromatic heterocycles. The lowest BCUT2D eigenvalue weighted by Gasteiger charge is -2.17. The second-order valence-electron chi connectivity index (χ2n) is 4.85. The van der Waals surface area contributed by atoms with Gasteiger partial charge in [0.2, 0.25) is 0 Å². The predicted molar refractivity (Wildman–Crippen MR) is 65.3 cm³/mol. The Labute approximate surface area is 101 Å². The van der Waals surface area contributed by atoms with Crippen LogP contribution in [0.15, 0.2) is 18.2 Å². The molecular formula is C12H17BFNO2. The van der Waals surface area contributed by atoms with Gasteiger partial charge in [-0.2, -0.15) is 0 Å². The molecule has 0 amide bonds. The van der Waals surface area contributed by atoms with E-state index in [-0.39, 0.29) is 5.46 Å². The highest BCUT2D eigenvalue weighted by atomic mass is 19.1. The maximum Gasteiger partial charge on any atom is 0.488 e. The molecule has 0 spiro atoms. The number of hydrogen-bond donors (Lipinski definition) is 2. The van der Waals surface area contributed by atoms with E-state index >= 15 is 0 Å². The van der Waals surface area contributed by atoms with Crippen LogP contribution < -0.4 is 5.46 Å². The third-order valence-electron chi connectivity index (χ3n) is 3.29. The zero-order valence-electron chi connectivity index (χ0n) is 9.93. The van der Waals surface area contributed by atoms with Crippen molar-refractivity contribution in [3.8, 4) is 0 Å². The number of hydrogen-bond acceptors (Lipinski definition) is 3. The Kier molecular flexibility index (Phi) is 3.81. The van der Waals surface area contributed by atoms with Crippen LogP contribution in [0.2, 0.25) is 0 Å². The molecule has 1 atom stereocenters. The van der Waals surface area contributed by atoms with Crippen molar-refractivity contribution in [3.05, 3.63) is 29.6 Å². The van der Waals surface area contributed by atoms with Crippen LogP contribution in [0, 0.1) is 11.7 Å². The van der Waals surface area contributed by atoms with Crippen molar-refractivity contribution in [2.24, 2.45) is 5.92 Å². The van der Waals surface area contributed by atoms with Gasteiger partial charge in [0.05, 0.1) is 0 Å². The van der Waals surface area contributed by atoms with Crippen molar-refractivity contribution in [1.82, 2.24) is 4.90 Å². The van der Waals surface area contributed by atoms with Gasteiger partial charge in [0, 0.05) is 13.1 Å². The molecule has 2 rings (SSSR count). The summed E-state index contributed by atoms with van der Waals surface area (Å²) in [7, 11) is -1.61. The molecule has 3 nitrogen and oxygen atoms in total. The summed E-state index contributed by atoms with van der Waals surface area (Å²) in [5.74, 6) is 0.240. The molecule has 2 N–H and O–H groups in total.